The lowest BCUT2D eigenvalue weighted by molar-refractivity contribution is 0.315. The maximum atomic E-state index is 13.4. The Morgan fingerprint density at radius 3 is 2.43 bits per heavy atom. The van der Waals surface area contributed by atoms with Crippen molar-refractivity contribution in [1.29, 1.82) is 0 Å². The molecule has 1 aromatic carbocycles. The van der Waals surface area contributed by atoms with Crippen LogP contribution in [0.4, 0.5) is 8.78 Å². The predicted octanol–water partition coefficient (Wildman–Crippen LogP) is 4.56. The molecular weight excluding hydrogens is 268 g/mol. The molecule has 21 heavy (non-hydrogen) atoms. The van der Waals surface area contributed by atoms with Gasteiger partial charge in [-0.25, -0.2) is 8.78 Å². The van der Waals surface area contributed by atoms with Crippen LogP contribution in [-0.2, 0) is 6.42 Å². The Balaban J connectivity index is 1.98. The monoisotopic (exact) mass is 295 g/mol. The van der Waals surface area contributed by atoms with Crippen LogP contribution in [0.1, 0.15) is 45.1 Å². The Morgan fingerprint density at radius 2 is 1.81 bits per heavy atom. The van der Waals surface area contributed by atoms with Gasteiger partial charge in [0.15, 0.2) is 11.6 Å². The molecule has 0 heterocycles. The molecule has 1 nitrogen and oxygen atoms in total. The van der Waals surface area contributed by atoms with Gasteiger partial charge in [-0.15, -0.1) is 0 Å². The highest BCUT2D eigenvalue weighted by molar-refractivity contribution is 5.18. The second-order valence-corrected chi connectivity index (χ2v) is 6.81. The fraction of sp³-hybridized carbons (Fsp3) is 0.667. The summed E-state index contributed by atoms with van der Waals surface area (Å²) < 4.78 is 26.4. The van der Waals surface area contributed by atoms with Crippen molar-refractivity contribution in [2.24, 2.45) is 17.8 Å². The van der Waals surface area contributed by atoms with E-state index < -0.39 is 11.6 Å². The molecule has 1 saturated carbocycles. The predicted molar refractivity (Wildman–Crippen MR) is 83.2 cm³/mol. The molecule has 0 bridgehead atoms. The zero-order valence-electron chi connectivity index (χ0n) is 13.2. The lowest BCUT2D eigenvalue weighted by Gasteiger charge is -2.24. The highest BCUT2D eigenvalue weighted by atomic mass is 19.2. The topological polar surface area (TPSA) is 12.0 Å². The maximum absolute atomic E-state index is 13.4. The van der Waals surface area contributed by atoms with Crippen molar-refractivity contribution in [3.05, 3.63) is 35.4 Å². The van der Waals surface area contributed by atoms with Crippen molar-refractivity contribution >= 4 is 0 Å². The third-order valence-corrected chi connectivity index (χ3v) is 4.51. The first-order valence-corrected chi connectivity index (χ1v) is 8.21. The van der Waals surface area contributed by atoms with Crippen molar-refractivity contribution in [2.45, 2.75) is 46.0 Å². The Morgan fingerprint density at radius 1 is 1.10 bits per heavy atom. The summed E-state index contributed by atoms with van der Waals surface area (Å²) >= 11 is 0. The number of nitrogens with one attached hydrogen (secondary N) is 1. The summed E-state index contributed by atoms with van der Waals surface area (Å²) in [5, 5.41) is 3.54. The number of rotatable bonds is 7. The summed E-state index contributed by atoms with van der Waals surface area (Å²) in [7, 11) is 0. The van der Waals surface area contributed by atoms with Crippen LogP contribution in [0.25, 0.3) is 0 Å². The zero-order valence-corrected chi connectivity index (χ0v) is 13.2. The molecule has 0 saturated heterocycles. The fourth-order valence-electron chi connectivity index (χ4n) is 3.36. The van der Waals surface area contributed by atoms with Gasteiger partial charge < -0.3 is 5.32 Å². The molecule has 0 aliphatic heterocycles. The van der Waals surface area contributed by atoms with E-state index in [1.165, 1.54) is 37.8 Å². The van der Waals surface area contributed by atoms with Gasteiger partial charge in [0.25, 0.3) is 0 Å². The third kappa shape index (κ3) is 5.06. The van der Waals surface area contributed by atoms with E-state index in [4.69, 9.17) is 0 Å². The molecule has 1 unspecified atom stereocenters. The van der Waals surface area contributed by atoms with Crippen molar-refractivity contribution in [1.82, 2.24) is 5.32 Å². The minimum absolute atomic E-state index is 0.524. The first-order valence-electron chi connectivity index (χ1n) is 8.21. The van der Waals surface area contributed by atoms with Crippen LogP contribution in [0.5, 0.6) is 0 Å². The normalized spacial score (nSPS) is 17.6. The number of benzene rings is 1. The second kappa shape index (κ2) is 7.88. The Bertz CT molecular complexity index is 439. The standard InChI is InChI=1S/C18H27F2N/c1-13(2)11-21-12-16(15-5-3-4-6-15)9-14-7-8-17(19)18(20)10-14/h7-8,10,13,15-16,21H,3-6,9,11-12H2,1-2H3. The SMILES string of the molecule is CC(C)CNCC(Cc1ccc(F)c(F)c1)C1CCCC1. The highest BCUT2D eigenvalue weighted by Gasteiger charge is 2.25. The van der Waals surface area contributed by atoms with Crippen LogP contribution >= 0.6 is 0 Å². The molecule has 118 valence electrons. The van der Waals surface area contributed by atoms with Crippen molar-refractivity contribution < 1.29 is 8.78 Å². The lowest BCUT2D eigenvalue weighted by Crippen LogP contribution is -2.31. The van der Waals surface area contributed by atoms with Crippen molar-refractivity contribution in [3.8, 4) is 0 Å². The molecule has 0 amide bonds. The third-order valence-electron chi connectivity index (χ3n) is 4.51. The van der Waals surface area contributed by atoms with Crippen LogP contribution in [0.3, 0.4) is 0 Å². The maximum Gasteiger partial charge on any atom is 0.159 e. The average molecular weight is 295 g/mol. The van der Waals surface area contributed by atoms with Crippen LogP contribution in [0.15, 0.2) is 18.2 Å². The molecule has 1 atom stereocenters. The molecule has 3 heteroatoms. The van der Waals surface area contributed by atoms with E-state index in [0.717, 1.165) is 31.0 Å². The van der Waals surface area contributed by atoms with Crippen LogP contribution < -0.4 is 5.32 Å². The van der Waals surface area contributed by atoms with Gasteiger partial charge >= 0.3 is 0 Å². The molecule has 0 radical (unpaired) electrons. The van der Waals surface area contributed by atoms with Gasteiger partial charge in [-0.3, -0.25) is 0 Å². The molecule has 1 aliphatic carbocycles. The van der Waals surface area contributed by atoms with Crippen molar-refractivity contribution in [3.63, 3.8) is 0 Å². The Labute approximate surface area is 127 Å². The summed E-state index contributed by atoms with van der Waals surface area (Å²) in [6.45, 7) is 6.39. The summed E-state index contributed by atoms with van der Waals surface area (Å²) in [5.74, 6) is 0.397. The zero-order chi connectivity index (χ0) is 15.2. The largest absolute Gasteiger partial charge is 0.316 e. The second-order valence-electron chi connectivity index (χ2n) is 6.81. The molecule has 1 aromatic rings. The van der Waals surface area contributed by atoms with Gasteiger partial charge in [-0.1, -0.05) is 45.6 Å². The van der Waals surface area contributed by atoms with Gasteiger partial charge in [-0.05, 0) is 55.0 Å². The summed E-state index contributed by atoms with van der Waals surface area (Å²) in [5.41, 5.74) is 0.914. The minimum Gasteiger partial charge on any atom is -0.316 e. The molecular formula is C18H27F2N. The number of hydrogen-bond donors (Lipinski definition) is 1. The van der Waals surface area contributed by atoms with E-state index in [1.54, 1.807) is 6.07 Å². The van der Waals surface area contributed by atoms with Gasteiger partial charge in [-0.2, -0.15) is 0 Å². The minimum atomic E-state index is -0.755. The molecule has 0 aromatic heterocycles. The smallest absolute Gasteiger partial charge is 0.159 e. The van der Waals surface area contributed by atoms with E-state index in [2.05, 4.69) is 19.2 Å². The number of hydrogen-bond acceptors (Lipinski definition) is 1. The van der Waals surface area contributed by atoms with Crippen molar-refractivity contribution in [2.75, 3.05) is 13.1 Å². The average Bonchev–Trinajstić information content (AvgIpc) is 2.95. The first kappa shape index (κ1) is 16.4. The molecule has 1 fully saturated rings. The molecule has 1 N–H and O–H groups in total. The summed E-state index contributed by atoms with van der Waals surface area (Å²) in [4.78, 5) is 0. The Hall–Kier alpha value is -0.960. The van der Waals surface area contributed by atoms with E-state index in [0.29, 0.717) is 11.8 Å². The van der Waals surface area contributed by atoms with Crippen LogP contribution in [0, 0.1) is 29.4 Å². The summed E-state index contributed by atoms with van der Waals surface area (Å²) in [6.07, 6.45) is 6.01. The van der Waals surface area contributed by atoms with E-state index in [9.17, 15) is 8.78 Å². The first-order chi connectivity index (χ1) is 10.1. The van der Waals surface area contributed by atoms with E-state index >= 15 is 0 Å². The van der Waals surface area contributed by atoms with E-state index in [1.807, 2.05) is 0 Å². The van der Waals surface area contributed by atoms with Gasteiger partial charge in [0.05, 0.1) is 0 Å². The van der Waals surface area contributed by atoms with Gasteiger partial charge in [0, 0.05) is 0 Å². The lowest BCUT2D eigenvalue weighted by atomic mass is 9.85. The highest BCUT2D eigenvalue weighted by Crippen LogP contribution is 2.33. The van der Waals surface area contributed by atoms with Gasteiger partial charge in [0.1, 0.15) is 0 Å². The number of halogens is 2. The molecule has 2 rings (SSSR count). The summed E-state index contributed by atoms with van der Waals surface area (Å²) in [6, 6.07) is 4.33. The molecule has 0 spiro atoms. The quantitative estimate of drug-likeness (QED) is 0.777. The Kier molecular flexibility index (Phi) is 6.16. The van der Waals surface area contributed by atoms with E-state index in [-0.39, 0.29) is 0 Å². The van der Waals surface area contributed by atoms with Crippen LogP contribution in [-0.4, -0.2) is 13.1 Å². The molecule has 1 aliphatic rings. The fourth-order valence-corrected chi connectivity index (χ4v) is 3.36. The van der Waals surface area contributed by atoms with Crippen LogP contribution in [0.2, 0.25) is 0 Å². The van der Waals surface area contributed by atoms with Gasteiger partial charge in [0.2, 0.25) is 0 Å².